The zero-order valence-electron chi connectivity index (χ0n) is 14.9. The second-order valence-electron chi connectivity index (χ2n) is 6.37. The smallest absolute Gasteiger partial charge is 0.387 e. The summed E-state index contributed by atoms with van der Waals surface area (Å²) in [7, 11) is 0. The van der Waals surface area contributed by atoms with E-state index in [1.807, 2.05) is 0 Å². The molecule has 148 valence electrons. The zero-order valence-corrected chi connectivity index (χ0v) is 14.9. The molecule has 0 aromatic heterocycles. The van der Waals surface area contributed by atoms with Gasteiger partial charge in [-0.25, -0.2) is 4.79 Å². The lowest BCUT2D eigenvalue weighted by molar-refractivity contribution is -0.139. The van der Waals surface area contributed by atoms with Crippen LogP contribution in [0.3, 0.4) is 0 Å². The molecule has 2 aromatic rings. The van der Waals surface area contributed by atoms with Crippen molar-refractivity contribution in [1.29, 1.82) is 0 Å². The van der Waals surface area contributed by atoms with Gasteiger partial charge in [-0.15, -0.1) is 0 Å². The maximum Gasteiger partial charge on any atom is 0.387 e. The molecule has 0 saturated heterocycles. The van der Waals surface area contributed by atoms with Crippen molar-refractivity contribution in [2.24, 2.45) is 0 Å². The molecule has 0 bridgehead atoms. The summed E-state index contributed by atoms with van der Waals surface area (Å²) in [5, 5.41) is 11.6. The predicted octanol–water partition coefficient (Wildman–Crippen LogP) is 3.56. The molecule has 0 radical (unpaired) electrons. The number of hydrogen-bond donors (Lipinski definition) is 2. The summed E-state index contributed by atoms with van der Waals surface area (Å²) in [6, 6.07) is 10.8. The Kier molecular flexibility index (Phi) is 6.08. The minimum Gasteiger partial charge on any atom is -0.482 e. The molecule has 8 heteroatoms. The number of rotatable bonds is 7. The summed E-state index contributed by atoms with van der Waals surface area (Å²) >= 11 is 0. The van der Waals surface area contributed by atoms with E-state index >= 15 is 0 Å². The molecule has 1 amide bonds. The molecule has 0 heterocycles. The van der Waals surface area contributed by atoms with Crippen LogP contribution in [-0.4, -0.2) is 30.2 Å². The van der Waals surface area contributed by atoms with Crippen LogP contribution in [0.1, 0.15) is 40.4 Å². The van der Waals surface area contributed by atoms with E-state index in [9.17, 15) is 18.4 Å². The Balaban J connectivity index is 1.72. The number of ether oxygens (including phenoxy) is 2. The average Bonchev–Trinajstić information content (AvgIpc) is 2.66. The van der Waals surface area contributed by atoms with Crippen molar-refractivity contribution in [3.8, 4) is 11.5 Å². The molecule has 2 aromatic carbocycles. The number of benzene rings is 2. The fourth-order valence-corrected chi connectivity index (χ4v) is 3.23. The molecular formula is C20H19F2NO5. The molecule has 3 rings (SSSR count). The fraction of sp³-hybridized carbons (Fsp3) is 0.300. The van der Waals surface area contributed by atoms with Gasteiger partial charge in [-0.1, -0.05) is 12.1 Å². The van der Waals surface area contributed by atoms with Crippen LogP contribution in [0, 0.1) is 0 Å². The average molecular weight is 391 g/mol. The minimum absolute atomic E-state index is 0.101. The van der Waals surface area contributed by atoms with Gasteiger partial charge in [0.25, 0.3) is 5.91 Å². The van der Waals surface area contributed by atoms with Gasteiger partial charge in [0, 0.05) is 5.56 Å². The summed E-state index contributed by atoms with van der Waals surface area (Å²) in [6.45, 7) is -3.38. The molecule has 1 atom stereocenters. The number of carboxylic acid groups (broad SMARTS) is 1. The van der Waals surface area contributed by atoms with E-state index in [1.54, 1.807) is 30.3 Å². The Labute approximate surface area is 160 Å². The second kappa shape index (κ2) is 8.69. The summed E-state index contributed by atoms with van der Waals surface area (Å²) in [5.41, 5.74) is 2.08. The van der Waals surface area contributed by atoms with Crippen molar-refractivity contribution in [3.05, 3.63) is 59.2 Å². The molecule has 0 spiro atoms. The van der Waals surface area contributed by atoms with Crippen molar-refractivity contribution in [2.75, 3.05) is 6.61 Å². The Hall–Kier alpha value is -3.16. The molecule has 0 saturated carbocycles. The minimum atomic E-state index is -2.88. The summed E-state index contributed by atoms with van der Waals surface area (Å²) in [5.74, 6) is -1.05. The van der Waals surface area contributed by atoms with Crippen LogP contribution in [0.5, 0.6) is 11.5 Å². The Morgan fingerprint density at radius 3 is 2.75 bits per heavy atom. The van der Waals surface area contributed by atoms with Gasteiger partial charge in [-0.2, -0.15) is 8.78 Å². The number of carbonyl (C=O) groups excluding carboxylic acids is 1. The van der Waals surface area contributed by atoms with Gasteiger partial charge in [0.1, 0.15) is 11.5 Å². The number of aryl methyl sites for hydroxylation is 1. The molecule has 1 unspecified atom stereocenters. The molecular weight excluding hydrogens is 372 g/mol. The maximum atomic E-state index is 12.6. The number of hydrogen-bond acceptors (Lipinski definition) is 4. The van der Waals surface area contributed by atoms with E-state index in [0.29, 0.717) is 5.56 Å². The molecule has 0 aliphatic heterocycles. The normalized spacial score (nSPS) is 15.6. The third-order valence-corrected chi connectivity index (χ3v) is 4.42. The van der Waals surface area contributed by atoms with Gasteiger partial charge >= 0.3 is 12.6 Å². The topological polar surface area (TPSA) is 84.9 Å². The highest BCUT2D eigenvalue weighted by Crippen LogP contribution is 2.33. The molecule has 2 N–H and O–H groups in total. The van der Waals surface area contributed by atoms with E-state index in [-0.39, 0.29) is 23.4 Å². The predicted molar refractivity (Wildman–Crippen MR) is 95.8 cm³/mol. The highest BCUT2D eigenvalue weighted by molar-refractivity contribution is 5.94. The van der Waals surface area contributed by atoms with Crippen molar-refractivity contribution < 1.29 is 33.0 Å². The van der Waals surface area contributed by atoms with E-state index < -0.39 is 19.2 Å². The number of amides is 1. The first-order valence-electron chi connectivity index (χ1n) is 8.75. The first kappa shape index (κ1) is 19.6. The Bertz CT molecular complexity index is 871. The van der Waals surface area contributed by atoms with Gasteiger partial charge in [0.15, 0.2) is 6.61 Å². The summed E-state index contributed by atoms with van der Waals surface area (Å²) in [4.78, 5) is 23.2. The van der Waals surface area contributed by atoms with E-state index in [0.717, 1.165) is 30.4 Å². The first-order chi connectivity index (χ1) is 13.4. The number of fused-ring (bicyclic) bond motifs is 1. The molecule has 0 fully saturated rings. The first-order valence-corrected chi connectivity index (χ1v) is 8.75. The Morgan fingerprint density at radius 2 is 2.00 bits per heavy atom. The van der Waals surface area contributed by atoms with E-state index in [4.69, 9.17) is 9.84 Å². The van der Waals surface area contributed by atoms with Crippen molar-refractivity contribution in [1.82, 2.24) is 5.32 Å². The molecule has 6 nitrogen and oxygen atoms in total. The summed E-state index contributed by atoms with van der Waals surface area (Å²) < 4.78 is 34.3. The van der Waals surface area contributed by atoms with E-state index in [1.165, 1.54) is 12.1 Å². The molecule has 1 aliphatic rings. The monoisotopic (exact) mass is 391 g/mol. The largest absolute Gasteiger partial charge is 0.482 e. The van der Waals surface area contributed by atoms with Crippen molar-refractivity contribution in [3.63, 3.8) is 0 Å². The van der Waals surface area contributed by atoms with Crippen LogP contribution < -0.4 is 14.8 Å². The fourth-order valence-electron chi connectivity index (χ4n) is 3.23. The number of carboxylic acids is 1. The lowest BCUT2D eigenvalue weighted by Gasteiger charge is -2.27. The van der Waals surface area contributed by atoms with E-state index in [2.05, 4.69) is 10.1 Å². The van der Waals surface area contributed by atoms with Crippen LogP contribution in [-0.2, 0) is 11.2 Å². The van der Waals surface area contributed by atoms with Crippen LogP contribution in [0.15, 0.2) is 42.5 Å². The number of halogens is 2. The van der Waals surface area contributed by atoms with Crippen LogP contribution in [0.25, 0.3) is 0 Å². The standard InChI is InChI=1S/C20H19F2NO5/c21-20(22)28-15-7-8-16-12(9-15)3-2-6-17(16)23-19(26)13-4-1-5-14(10-13)27-11-18(24)25/h1,4-5,7-10,17,20H,2-3,6,11H2,(H,23,26)(H,24,25). The maximum absolute atomic E-state index is 12.6. The second-order valence-corrected chi connectivity index (χ2v) is 6.37. The highest BCUT2D eigenvalue weighted by Gasteiger charge is 2.23. The lowest BCUT2D eigenvalue weighted by atomic mass is 9.87. The van der Waals surface area contributed by atoms with Gasteiger partial charge in [0.2, 0.25) is 0 Å². The number of carbonyl (C=O) groups is 2. The highest BCUT2D eigenvalue weighted by atomic mass is 19.3. The number of alkyl halides is 2. The third kappa shape index (κ3) is 4.97. The van der Waals surface area contributed by atoms with Crippen LogP contribution in [0.4, 0.5) is 8.78 Å². The van der Waals surface area contributed by atoms with Gasteiger partial charge in [-0.3, -0.25) is 4.79 Å². The van der Waals surface area contributed by atoms with Gasteiger partial charge in [-0.05, 0) is 60.7 Å². The quantitative estimate of drug-likeness (QED) is 0.754. The Morgan fingerprint density at radius 1 is 1.18 bits per heavy atom. The lowest BCUT2D eigenvalue weighted by Crippen LogP contribution is -2.31. The van der Waals surface area contributed by atoms with Crippen LogP contribution in [0.2, 0.25) is 0 Å². The van der Waals surface area contributed by atoms with Gasteiger partial charge < -0.3 is 19.9 Å². The van der Waals surface area contributed by atoms with Crippen molar-refractivity contribution >= 4 is 11.9 Å². The SMILES string of the molecule is O=C(O)COc1cccc(C(=O)NC2CCCc3cc(OC(F)F)ccc32)c1. The third-order valence-electron chi connectivity index (χ3n) is 4.42. The van der Waals surface area contributed by atoms with Gasteiger partial charge in [0.05, 0.1) is 6.04 Å². The number of nitrogens with one attached hydrogen (secondary N) is 1. The number of aliphatic carboxylic acids is 1. The zero-order chi connectivity index (χ0) is 20.1. The van der Waals surface area contributed by atoms with Crippen LogP contribution >= 0.6 is 0 Å². The molecule has 28 heavy (non-hydrogen) atoms. The van der Waals surface area contributed by atoms with Crippen molar-refractivity contribution in [2.45, 2.75) is 31.9 Å². The summed E-state index contributed by atoms with van der Waals surface area (Å²) in [6.07, 6.45) is 2.25. The molecule has 1 aliphatic carbocycles.